The molecule has 0 aliphatic carbocycles. The van der Waals surface area contributed by atoms with Crippen molar-refractivity contribution in [2.75, 3.05) is 30.8 Å². The maximum absolute atomic E-state index is 14.0. The minimum atomic E-state index is -0.879. The second-order valence-corrected chi connectivity index (χ2v) is 8.12. The highest BCUT2D eigenvalue weighted by Crippen LogP contribution is 2.42. The SMILES string of the molecule is CN1c2ccc(F)cc2C(=O)CC12CCN(C(=O)NCc1ccc(F)c(N)c1F)CC2. The number of urea groups is 1. The number of hydrogen-bond donors (Lipinski definition) is 2. The number of halogens is 3. The minimum Gasteiger partial charge on any atom is -0.394 e. The number of likely N-dealkylation sites (tertiary alicyclic amines) is 1. The lowest BCUT2D eigenvalue weighted by Gasteiger charge is -2.50. The van der Waals surface area contributed by atoms with Gasteiger partial charge in [-0.15, -0.1) is 0 Å². The van der Waals surface area contributed by atoms with Gasteiger partial charge in [0.05, 0.1) is 5.54 Å². The number of nitrogens with zero attached hydrogens (tertiary/aromatic N) is 2. The quantitative estimate of drug-likeness (QED) is 0.713. The van der Waals surface area contributed by atoms with Crippen LogP contribution in [0.5, 0.6) is 0 Å². The number of amides is 2. The van der Waals surface area contributed by atoms with Crippen LogP contribution < -0.4 is 16.0 Å². The first-order chi connectivity index (χ1) is 14.7. The molecule has 0 bridgehead atoms. The van der Waals surface area contributed by atoms with Gasteiger partial charge in [0, 0.05) is 49.9 Å². The van der Waals surface area contributed by atoms with Crippen LogP contribution in [0.3, 0.4) is 0 Å². The average Bonchev–Trinajstić information content (AvgIpc) is 2.76. The molecule has 2 aromatic carbocycles. The minimum absolute atomic E-state index is 0.0992. The molecule has 2 amide bonds. The van der Waals surface area contributed by atoms with Crippen molar-refractivity contribution < 1.29 is 22.8 Å². The van der Waals surface area contributed by atoms with E-state index in [1.54, 1.807) is 11.0 Å². The van der Waals surface area contributed by atoms with Crippen molar-refractivity contribution in [3.8, 4) is 0 Å². The molecule has 9 heteroatoms. The van der Waals surface area contributed by atoms with E-state index in [2.05, 4.69) is 5.32 Å². The molecule has 0 radical (unpaired) electrons. The number of fused-ring (bicyclic) bond motifs is 1. The predicted octanol–water partition coefficient (Wildman–Crippen LogP) is 3.45. The normalized spacial score (nSPS) is 17.6. The fraction of sp³-hybridized carbons (Fsp3) is 0.364. The van der Waals surface area contributed by atoms with Crippen molar-refractivity contribution in [3.05, 3.63) is 58.9 Å². The number of carbonyl (C=O) groups is 2. The Bertz CT molecular complexity index is 1050. The molecule has 4 rings (SSSR count). The summed E-state index contributed by atoms with van der Waals surface area (Å²) < 4.78 is 40.9. The first-order valence-electron chi connectivity index (χ1n) is 10.0. The summed E-state index contributed by atoms with van der Waals surface area (Å²) in [6, 6.07) is 6.16. The zero-order chi connectivity index (χ0) is 22.3. The number of piperidine rings is 1. The highest BCUT2D eigenvalue weighted by Gasteiger charge is 2.45. The number of anilines is 2. The number of benzene rings is 2. The lowest BCUT2D eigenvalue weighted by atomic mass is 9.77. The summed E-state index contributed by atoms with van der Waals surface area (Å²) >= 11 is 0. The monoisotopic (exact) mass is 432 g/mol. The lowest BCUT2D eigenvalue weighted by molar-refractivity contribution is 0.0890. The maximum atomic E-state index is 14.0. The Morgan fingerprint density at radius 2 is 1.87 bits per heavy atom. The van der Waals surface area contributed by atoms with Gasteiger partial charge in [-0.1, -0.05) is 6.07 Å². The molecule has 31 heavy (non-hydrogen) atoms. The topological polar surface area (TPSA) is 78.7 Å². The van der Waals surface area contributed by atoms with Crippen LogP contribution in [0.15, 0.2) is 30.3 Å². The van der Waals surface area contributed by atoms with E-state index in [4.69, 9.17) is 5.73 Å². The van der Waals surface area contributed by atoms with Crippen LogP contribution in [0.4, 0.5) is 29.3 Å². The second-order valence-electron chi connectivity index (χ2n) is 8.12. The molecule has 2 aromatic rings. The summed E-state index contributed by atoms with van der Waals surface area (Å²) in [7, 11) is 1.89. The van der Waals surface area contributed by atoms with Crippen LogP contribution in [0.25, 0.3) is 0 Å². The van der Waals surface area contributed by atoms with Gasteiger partial charge in [0.15, 0.2) is 11.6 Å². The highest BCUT2D eigenvalue weighted by molar-refractivity contribution is 6.04. The zero-order valence-corrected chi connectivity index (χ0v) is 17.1. The molecule has 1 fully saturated rings. The molecule has 3 N–H and O–H groups in total. The van der Waals surface area contributed by atoms with E-state index in [0.717, 1.165) is 6.07 Å². The molecular weight excluding hydrogens is 409 g/mol. The van der Waals surface area contributed by atoms with Crippen molar-refractivity contribution >= 4 is 23.2 Å². The molecule has 0 atom stereocenters. The van der Waals surface area contributed by atoms with E-state index in [1.807, 2.05) is 11.9 Å². The number of nitrogens with one attached hydrogen (secondary N) is 1. The lowest BCUT2D eigenvalue weighted by Crippen LogP contribution is -2.59. The summed E-state index contributed by atoms with van der Waals surface area (Å²) in [6.07, 6.45) is 1.39. The van der Waals surface area contributed by atoms with Gasteiger partial charge in [-0.3, -0.25) is 4.79 Å². The average molecular weight is 432 g/mol. The van der Waals surface area contributed by atoms with E-state index < -0.39 is 28.7 Å². The summed E-state index contributed by atoms with van der Waals surface area (Å²) in [5.74, 6) is -2.27. The second kappa shape index (κ2) is 7.79. The third-order valence-corrected chi connectivity index (χ3v) is 6.44. The molecule has 164 valence electrons. The fourth-order valence-electron chi connectivity index (χ4n) is 4.46. The molecule has 2 heterocycles. The molecule has 6 nitrogen and oxygen atoms in total. The number of nitrogen functional groups attached to an aromatic ring is 1. The molecule has 0 saturated carbocycles. The molecule has 0 aromatic heterocycles. The van der Waals surface area contributed by atoms with Crippen LogP contribution in [-0.2, 0) is 6.54 Å². The van der Waals surface area contributed by atoms with Gasteiger partial charge >= 0.3 is 6.03 Å². The maximum Gasteiger partial charge on any atom is 0.317 e. The molecular formula is C22H23F3N4O2. The fourth-order valence-corrected chi connectivity index (χ4v) is 4.46. The Labute approximate surface area is 177 Å². The number of nitrogens with two attached hydrogens (primary N) is 1. The Morgan fingerprint density at radius 3 is 2.58 bits per heavy atom. The van der Waals surface area contributed by atoms with Gasteiger partial charge in [-0.2, -0.15) is 0 Å². The van der Waals surface area contributed by atoms with Gasteiger partial charge in [-0.05, 0) is 37.1 Å². The number of Topliss-reactive ketones (excluding diaryl/α,β-unsaturated/α-hetero) is 1. The standard InChI is InChI=1S/C22H23F3N4O2/c1-28-17-5-3-14(23)10-15(17)18(30)11-22(28)6-8-29(9-7-22)21(31)27-12-13-2-4-16(24)20(26)19(13)25/h2-5,10H,6-9,11-12,26H2,1H3,(H,27,31). The molecule has 0 unspecified atom stereocenters. The molecule has 1 spiro atoms. The predicted molar refractivity (Wildman–Crippen MR) is 110 cm³/mol. The van der Waals surface area contributed by atoms with Crippen LogP contribution in [0.1, 0.15) is 35.2 Å². The van der Waals surface area contributed by atoms with Crippen LogP contribution in [0.2, 0.25) is 0 Å². The summed E-state index contributed by atoms with van der Waals surface area (Å²) in [4.78, 5) is 28.8. The summed E-state index contributed by atoms with van der Waals surface area (Å²) in [5.41, 5.74) is 5.52. The number of ketones is 1. The third kappa shape index (κ3) is 3.68. The van der Waals surface area contributed by atoms with E-state index in [1.165, 1.54) is 18.2 Å². The van der Waals surface area contributed by atoms with Crippen molar-refractivity contribution in [1.29, 1.82) is 0 Å². The highest BCUT2D eigenvalue weighted by atomic mass is 19.1. The third-order valence-electron chi connectivity index (χ3n) is 6.44. The van der Waals surface area contributed by atoms with Gasteiger partial charge in [0.2, 0.25) is 0 Å². The van der Waals surface area contributed by atoms with Gasteiger partial charge in [0.25, 0.3) is 0 Å². The number of rotatable bonds is 2. The van der Waals surface area contributed by atoms with Gasteiger partial charge in [-0.25, -0.2) is 18.0 Å². The first kappa shape index (κ1) is 21.0. The Morgan fingerprint density at radius 1 is 1.16 bits per heavy atom. The Hall–Kier alpha value is -3.23. The summed E-state index contributed by atoms with van der Waals surface area (Å²) in [5, 5.41) is 2.64. The van der Waals surface area contributed by atoms with Gasteiger partial charge < -0.3 is 20.9 Å². The van der Waals surface area contributed by atoms with E-state index in [-0.39, 0.29) is 30.3 Å². The van der Waals surface area contributed by atoms with Crippen molar-refractivity contribution in [2.24, 2.45) is 0 Å². The van der Waals surface area contributed by atoms with Gasteiger partial charge in [0.1, 0.15) is 17.3 Å². The van der Waals surface area contributed by atoms with Crippen LogP contribution in [0, 0.1) is 17.5 Å². The Kier molecular flexibility index (Phi) is 5.28. The Balaban J connectivity index is 1.40. The zero-order valence-electron chi connectivity index (χ0n) is 17.1. The molecule has 2 aliphatic rings. The first-order valence-corrected chi connectivity index (χ1v) is 10.0. The van der Waals surface area contributed by atoms with E-state index >= 15 is 0 Å². The number of hydrogen-bond acceptors (Lipinski definition) is 4. The van der Waals surface area contributed by atoms with Crippen molar-refractivity contribution in [1.82, 2.24) is 10.2 Å². The van der Waals surface area contributed by atoms with E-state index in [0.29, 0.717) is 37.2 Å². The van der Waals surface area contributed by atoms with Crippen LogP contribution >= 0.6 is 0 Å². The van der Waals surface area contributed by atoms with Crippen LogP contribution in [-0.4, -0.2) is 42.4 Å². The van der Waals surface area contributed by atoms with Crippen molar-refractivity contribution in [3.63, 3.8) is 0 Å². The number of carbonyl (C=O) groups excluding carboxylic acids is 2. The summed E-state index contributed by atoms with van der Waals surface area (Å²) in [6.45, 7) is 0.705. The molecule has 2 aliphatic heterocycles. The smallest absolute Gasteiger partial charge is 0.317 e. The molecule has 1 saturated heterocycles. The van der Waals surface area contributed by atoms with Crippen molar-refractivity contribution in [2.45, 2.75) is 31.3 Å². The largest absolute Gasteiger partial charge is 0.394 e. The van der Waals surface area contributed by atoms with E-state index in [9.17, 15) is 22.8 Å².